The molecule has 0 bridgehead atoms. The van der Waals surface area contributed by atoms with Gasteiger partial charge in [-0.2, -0.15) is 0 Å². The minimum Gasteiger partial charge on any atom is -0.493 e. The van der Waals surface area contributed by atoms with Crippen LogP contribution in [0.2, 0.25) is 0 Å². The molecular formula is C19H24N2O3. The summed E-state index contributed by atoms with van der Waals surface area (Å²) in [6.45, 7) is 3.26. The summed E-state index contributed by atoms with van der Waals surface area (Å²) in [6, 6.07) is 9.09. The first-order valence-electron chi connectivity index (χ1n) is 8.11. The fourth-order valence-corrected chi connectivity index (χ4v) is 2.30. The van der Waals surface area contributed by atoms with Gasteiger partial charge < -0.3 is 14.4 Å². The molecule has 1 aromatic carbocycles. The number of methoxy groups -OCH3 is 1. The number of hydrogen-bond acceptors (Lipinski definition) is 4. The number of rotatable bonds is 8. The molecule has 1 aromatic heterocycles. The van der Waals surface area contributed by atoms with E-state index in [9.17, 15) is 4.79 Å². The van der Waals surface area contributed by atoms with Crippen LogP contribution in [0.4, 0.5) is 0 Å². The maximum atomic E-state index is 12.6. The van der Waals surface area contributed by atoms with Crippen molar-refractivity contribution in [3.8, 4) is 11.5 Å². The zero-order valence-corrected chi connectivity index (χ0v) is 14.5. The van der Waals surface area contributed by atoms with Crippen LogP contribution in [-0.2, 0) is 6.54 Å². The summed E-state index contributed by atoms with van der Waals surface area (Å²) in [5.41, 5.74) is 1.56. The van der Waals surface area contributed by atoms with Gasteiger partial charge in [-0.3, -0.25) is 9.78 Å². The molecule has 0 spiro atoms. The summed E-state index contributed by atoms with van der Waals surface area (Å²) in [5.74, 6) is 1.17. The van der Waals surface area contributed by atoms with Gasteiger partial charge in [0.25, 0.3) is 5.91 Å². The van der Waals surface area contributed by atoms with Gasteiger partial charge in [0.15, 0.2) is 11.5 Å². The van der Waals surface area contributed by atoms with E-state index in [1.807, 2.05) is 12.1 Å². The highest BCUT2D eigenvalue weighted by atomic mass is 16.5. The van der Waals surface area contributed by atoms with E-state index in [-0.39, 0.29) is 5.91 Å². The Balaban J connectivity index is 2.08. The second kappa shape index (κ2) is 8.91. The molecule has 0 saturated heterocycles. The summed E-state index contributed by atoms with van der Waals surface area (Å²) in [5, 5.41) is 0. The van der Waals surface area contributed by atoms with Crippen LogP contribution >= 0.6 is 0 Å². The maximum absolute atomic E-state index is 12.6. The van der Waals surface area contributed by atoms with Crippen LogP contribution in [0.5, 0.6) is 11.5 Å². The number of carbonyl (C=O) groups excluding carboxylic acids is 1. The number of ether oxygens (including phenoxy) is 2. The van der Waals surface area contributed by atoms with Crippen molar-refractivity contribution in [1.29, 1.82) is 0 Å². The van der Waals surface area contributed by atoms with Crippen molar-refractivity contribution >= 4 is 5.91 Å². The number of nitrogens with zero attached hydrogens (tertiary/aromatic N) is 2. The number of pyridine rings is 1. The van der Waals surface area contributed by atoms with Crippen LogP contribution < -0.4 is 9.47 Å². The highest BCUT2D eigenvalue weighted by Gasteiger charge is 2.15. The maximum Gasteiger partial charge on any atom is 0.254 e. The van der Waals surface area contributed by atoms with E-state index in [4.69, 9.17) is 9.47 Å². The number of hydrogen-bond donors (Lipinski definition) is 0. The van der Waals surface area contributed by atoms with Crippen LogP contribution in [0.1, 0.15) is 35.7 Å². The lowest BCUT2D eigenvalue weighted by Crippen LogP contribution is -2.26. The van der Waals surface area contributed by atoms with Crippen LogP contribution in [-0.4, -0.2) is 36.6 Å². The lowest BCUT2D eigenvalue weighted by atomic mass is 10.1. The fraction of sp³-hybridized carbons (Fsp3) is 0.368. The molecule has 24 heavy (non-hydrogen) atoms. The molecule has 1 amide bonds. The topological polar surface area (TPSA) is 51.7 Å². The van der Waals surface area contributed by atoms with Crippen LogP contribution in [0.3, 0.4) is 0 Å². The average Bonchev–Trinajstić information content (AvgIpc) is 2.62. The molecule has 0 fully saturated rings. The Morgan fingerprint density at radius 3 is 2.75 bits per heavy atom. The Morgan fingerprint density at radius 1 is 1.25 bits per heavy atom. The monoisotopic (exact) mass is 328 g/mol. The van der Waals surface area contributed by atoms with E-state index in [2.05, 4.69) is 11.9 Å². The molecule has 0 aliphatic carbocycles. The Labute approximate surface area is 143 Å². The van der Waals surface area contributed by atoms with E-state index in [1.165, 1.54) is 0 Å². The first-order chi connectivity index (χ1) is 11.7. The van der Waals surface area contributed by atoms with Crippen LogP contribution in [0.15, 0.2) is 42.7 Å². The van der Waals surface area contributed by atoms with Crippen molar-refractivity contribution in [2.75, 3.05) is 20.8 Å². The standard InChI is InChI=1S/C19H24N2O3/c1-4-5-11-24-17-9-8-16(12-18(17)23-3)19(22)21(2)14-15-7-6-10-20-13-15/h6-10,12-13H,4-5,11,14H2,1-3H3. The van der Waals surface area contributed by atoms with Gasteiger partial charge in [0.1, 0.15) is 0 Å². The molecule has 0 unspecified atom stereocenters. The van der Waals surface area contributed by atoms with Crippen molar-refractivity contribution in [2.24, 2.45) is 0 Å². The lowest BCUT2D eigenvalue weighted by Gasteiger charge is -2.18. The second-order valence-electron chi connectivity index (χ2n) is 5.59. The zero-order valence-electron chi connectivity index (χ0n) is 14.5. The van der Waals surface area contributed by atoms with Gasteiger partial charge in [0, 0.05) is 31.5 Å². The number of amides is 1. The largest absolute Gasteiger partial charge is 0.493 e. The lowest BCUT2D eigenvalue weighted by molar-refractivity contribution is 0.0784. The molecule has 2 aromatic rings. The van der Waals surface area contributed by atoms with Crippen molar-refractivity contribution < 1.29 is 14.3 Å². The number of benzene rings is 1. The van der Waals surface area contributed by atoms with E-state index in [1.54, 1.807) is 49.7 Å². The predicted octanol–water partition coefficient (Wildman–Crippen LogP) is 3.54. The van der Waals surface area contributed by atoms with Crippen molar-refractivity contribution in [3.63, 3.8) is 0 Å². The molecule has 0 saturated carbocycles. The van der Waals surface area contributed by atoms with Crippen LogP contribution in [0, 0.1) is 0 Å². The Kier molecular flexibility index (Phi) is 6.61. The first-order valence-corrected chi connectivity index (χ1v) is 8.11. The smallest absolute Gasteiger partial charge is 0.254 e. The van der Waals surface area contributed by atoms with Crippen molar-refractivity contribution in [1.82, 2.24) is 9.88 Å². The van der Waals surface area contributed by atoms with Gasteiger partial charge in [-0.25, -0.2) is 0 Å². The summed E-state index contributed by atoms with van der Waals surface area (Å²) in [4.78, 5) is 18.3. The van der Waals surface area contributed by atoms with Gasteiger partial charge >= 0.3 is 0 Å². The third-order valence-corrected chi connectivity index (χ3v) is 3.66. The zero-order chi connectivity index (χ0) is 17.4. The third-order valence-electron chi connectivity index (χ3n) is 3.66. The van der Waals surface area contributed by atoms with Crippen LogP contribution in [0.25, 0.3) is 0 Å². The minimum atomic E-state index is -0.0720. The van der Waals surface area contributed by atoms with Crippen molar-refractivity contribution in [3.05, 3.63) is 53.9 Å². The Hall–Kier alpha value is -2.56. The fourth-order valence-electron chi connectivity index (χ4n) is 2.30. The second-order valence-corrected chi connectivity index (χ2v) is 5.59. The first kappa shape index (κ1) is 17.8. The number of aromatic nitrogens is 1. The summed E-state index contributed by atoms with van der Waals surface area (Å²) >= 11 is 0. The van der Waals surface area contributed by atoms with Gasteiger partial charge in [-0.15, -0.1) is 0 Å². The van der Waals surface area contributed by atoms with Gasteiger partial charge in [-0.1, -0.05) is 19.4 Å². The normalized spacial score (nSPS) is 10.3. The van der Waals surface area contributed by atoms with E-state index >= 15 is 0 Å². The number of unbranched alkanes of at least 4 members (excludes halogenated alkanes) is 1. The molecule has 1 heterocycles. The molecule has 128 valence electrons. The molecule has 0 N–H and O–H groups in total. The molecule has 0 aliphatic heterocycles. The molecule has 2 rings (SSSR count). The predicted molar refractivity (Wildman–Crippen MR) is 93.4 cm³/mol. The SMILES string of the molecule is CCCCOc1ccc(C(=O)N(C)Cc2cccnc2)cc1OC. The Morgan fingerprint density at radius 2 is 2.08 bits per heavy atom. The molecule has 0 aliphatic rings. The van der Waals surface area contributed by atoms with Gasteiger partial charge in [-0.05, 0) is 36.2 Å². The molecule has 0 atom stereocenters. The number of carbonyl (C=O) groups is 1. The average molecular weight is 328 g/mol. The molecule has 5 heteroatoms. The third kappa shape index (κ3) is 4.72. The van der Waals surface area contributed by atoms with Gasteiger partial charge in [0.2, 0.25) is 0 Å². The van der Waals surface area contributed by atoms with E-state index in [0.717, 1.165) is 18.4 Å². The van der Waals surface area contributed by atoms with E-state index < -0.39 is 0 Å². The summed E-state index contributed by atoms with van der Waals surface area (Å²) in [7, 11) is 3.35. The quantitative estimate of drug-likeness (QED) is 0.696. The van der Waals surface area contributed by atoms with Gasteiger partial charge in [0.05, 0.1) is 13.7 Å². The van der Waals surface area contributed by atoms with E-state index in [0.29, 0.717) is 30.2 Å². The highest BCUT2D eigenvalue weighted by molar-refractivity contribution is 5.94. The summed E-state index contributed by atoms with van der Waals surface area (Å²) in [6.07, 6.45) is 5.53. The highest BCUT2D eigenvalue weighted by Crippen LogP contribution is 2.28. The molecule has 0 radical (unpaired) electrons. The Bertz CT molecular complexity index is 659. The molecular weight excluding hydrogens is 304 g/mol. The van der Waals surface area contributed by atoms with Crippen molar-refractivity contribution in [2.45, 2.75) is 26.3 Å². The minimum absolute atomic E-state index is 0.0720. The summed E-state index contributed by atoms with van der Waals surface area (Å²) < 4.78 is 11.1. The molecule has 5 nitrogen and oxygen atoms in total.